The standard InChI is InChI=1S/C12H14ClN/c1-7-9-3-2-8(13)4-10(9)12-6-14-5-11(7)12/h2-4,7,11-12,14H,5-6H2,1H3. The molecule has 1 aliphatic heterocycles. The molecule has 1 fully saturated rings. The number of hydrogen-bond donors (Lipinski definition) is 1. The molecule has 74 valence electrons. The second-order valence-electron chi connectivity index (χ2n) is 4.49. The number of nitrogens with one attached hydrogen (secondary N) is 1. The maximum Gasteiger partial charge on any atom is 0.0409 e. The highest BCUT2D eigenvalue weighted by Gasteiger charge is 2.40. The summed E-state index contributed by atoms with van der Waals surface area (Å²) < 4.78 is 0. The molecule has 0 aromatic heterocycles. The van der Waals surface area contributed by atoms with Gasteiger partial charge in [0.25, 0.3) is 0 Å². The van der Waals surface area contributed by atoms with E-state index < -0.39 is 0 Å². The van der Waals surface area contributed by atoms with Crippen LogP contribution in [0.25, 0.3) is 0 Å². The normalized spacial score (nSPS) is 34.3. The van der Waals surface area contributed by atoms with Crippen LogP contribution >= 0.6 is 11.6 Å². The molecule has 1 N–H and O–H groups in total. The molecule has 3 unspecified atom stereocenters. The summed E-state index contributed by atoms with van der Waals surface area (Å²) in [4.78, 5) is 0. The number of halogens is 1. The van der Waals surface area contributed by atoms with E-state index in [1.807, 2.05) is 6.07 Å². The average molecular weight is 208 g/mol. The molecule has 0 saturated carbocycles. The molecule has 0 radical (unpaired) electrons. The highest BCUT2D eigenvalue weighted by atomic mass is 35.5. The van der Waals surface area contributed by atoms with E-state index in [2.05, 4.69) is 24.4 Å². The van der Waals surface area contributed by atoms with Crippen molar-refractivity contribution in [3.8, 4) is 0 Å². The van der Waals surface area contributed by atoms with Gasteiger partial charge in [-0.2, -0.15) is 0 Å². The van der Waals surface area contributed by atoms with Gasteiger partial charge >= 0.3 is 0 Å². The van der Waals surface area contributed by atoms with E-state index in [1.54, 1.807) is 0 Å². The zero-order valence-electron chi connectivity index (χ0n) is 8.26. The second-order valence-corrected chi connectivity index (χ2v) is 4.93. The summed E-state index contributed by atoms with van der Waals surface area (Å²) in [5.74, 6) is 2.20. The monoisotopic (exact) mass is 207 g/mol. The molecule has 0 spiro atoms. The molecule has 1 aromatic carbocycles. The van der Waals surface area contributed by atoms with E-state index in [4.69, 9.17) is 11.6 Å². The minimum atomic E-state index is 0.697. The van der Waals surface area contributed by atoms with Crippen LogP contribution in [0.4, 0.5) is 0 Å². The molecule has 1 saturated heterocycles. The quantitative estimate of drug-likeness (QED) is 0.690. The van der Waals surface area contributed by atoms with E-state index in [9.17, 15) is 0 Å². The van der Waals surface area contributed by atoms with E-state index in [-0.39, 0.29) is 0 Å². The lowest BCUT2D eigenvalue weighted by molar-refractivity contribution is 0.487. The van der Waals surface area contributed by atoms with Gasteiger partial charge in [0.15, 0.2) is 0 Å². The number of benzene rings is 1. The highest BCUT2D eigenvalue weighted by Crippen LogP contribution is 2.48. The van der Waals surface area contributed by atoms with Crippen LogP contribution in [0.1, 0.15) is 29.9 Å². The Labute approximate surface area is 89.5 Å². The van der Waals surface area contributed by atoms with Gasteiger partial charge in [-0.15, -0.1) is 0 Å². The molecule has 2 heteroatoms. The predicted molar refractivity (Wildman–Crippen MR) is 59.0 cm³/mol. The van der Waals surface area contributed by atoms with Crippen LogP contribution in [-0.2, 0) is 0 Å². The second kappa shape index (κ2) is 2.98. The van der Waals surface area contributed by atoms with Crippen LogP contribution in [-0.4, -0.2) is 13.1 Å². The fraction of sp³-hybridized carbons (Fsp3) is 0.500. The summed E-state index contributed by atoms with van der Waals surface area (Å²) in [6, 6.07) is 6.39. The third-order valence-corrected chi connectivity index (χ3v) is 4.08. The van der Waals surface area contributed by atoms with Gasteiger partial charge in [0, 0.05) is 17.5 Å². The first kappa shape index (κ1) is 8.75. The van der Waals surface area contributed by atoms with Crippen molar-refractivity contribution in [1.82, 2.24) is 5.32 Å². The summed E-state index contributed by atoms with van der Waals surface area (Å²) in [7, 11) is 0. The number of hydrogen-bond acceptors (Lipinski definition) is 1. The summed E-state index contributed by atoms with van der Waals surface area (Å²) in [6.45, 7) is 4.63. The summed E-state index contributed by atoms with van der Waals surface area (Å²) in [6.07, 6.45) is 0. The van der Waals surface area contributed by atoms with Gasteiger partial charge in [0.1, 0.15) is 0 Å². The van der Waals surface area contributed by atoms with Gasteiger partial charge < -0.3 is 5.32 Å². The van der Waals surface area contributed by atoms with E-state index >= 15 is 0 Å². The number of fused-ring (bicyclic) bond motifs is 3. The summed E-state index contributed by atoms with van der Waals surface area (Å²) in [5, 5.41) is 4.35. The lowest BCUT2D eigenvalue weighted by atomic mass is 9.91. The van der Waals surface area contributed by atoms with Crippen LogP contribution in [0.5, 0.6) is 0 Å². The first-order chi connectivity index (χ1) is 6.77. The smallest absolute Gasteiger partial charge is 0.0409 e. The topological polar surface area (TPSA) is 12.0 Å². The van der Waals surface area contributed by atoms with Crippen molar-refractivity contribution < 1.29 is 0 Å². The molecule has 0 amide bonds. The molecule has 2 aliphatic rings. The largest absolute Gasteiger partial charge is 0.316 e. The van der Waals surface area contributed by atoms with E-state index in [1.165, 1.54) is 11.1 Å². The maximum absolute atomic E-state index is 6.04. The zero-order valence-corrected chi connectivity index (χ0v) is 9.01. The maximum atomic E-state index is 6.04. The van der Waals surface area contributed by atoms with Crippen molar-refractivity contribution in [3.63, 3.8) is 0 Å². The zero-order chi connectivity index (χ0) is 9.71. The van der Waals surface area contributed by atoms with Gasteiger partial charge in [0.05, 0.1) is 0 Å². The fourth-order valence-electron chi connectivity index (χ4n) is 3.08. The van der Waals surface area contributed by atoms with Crippen molar-refractivity contribution in [2.75, 3.05) is 13.1 Å². The van der Waals surface area contributed by atoms with Gasteiger partial charge in [0.2, 0.25) is 0 Å². The van der Waals surface area contributed by atoms with Crippen LogP contribution in [0, 0.1) is 5.92 Å². The van der Waals surface area contributed by atoms with Gasteiger partial charge in [-0.3, -0.25) is 0 Å². The van der Waals surface area contributed by atoms with Gasteiger partial charge in [-0.1, -0.05) is 24.6 Å². The molecular weight excluding hydrogens is 194 g/mol. The van der Waals surface area contributed by atoms with Crippen LogP contribution in [0.3, 0.4) is 0 Å². The van der Waals surface area contributed by atoms with Gasteiger partial charge in [-0.05, 0) is 41.6 Å². The Kier molecular flexibility index (Phi) is 1.86. The Morgan fingerprint density at radius 3 is 3.00 bits per heavy atom. The summed E-state index contributed by atoms with van der Waals surface area (Å²) in [5.41, 5.74) is 3.01. The third-order valence-electron chi connectivity index (χ3n) is 3.84. The molecular formula is C12H14ClN. The minimum Gasteiger partial charge on any atom is -0.316 e. The molecule has 1 aliphatic carbocycles. The van der Waals surface area contributed by atoms with Crippen LogP contribution in [0.2, 0.25) is 5.02 Å². The summed E-state index contributed by atoms with van der Waals surface area (Å²) >= 11 is 6.04. The lowest BCUT2D eigenvalue weighted by Crippen LogP contribution is -2.12. The molecule has 1 aromatic rings. The first-order valence-electron chi connectivity index (χ1n) is 5.27. The fourth-order valence-corrected chi connectivity index (χ4v) is 3.26. The average Bonchev–Trinajstić information content (AvgIpc) is 2.71. The first-order valence-corrected chi connectivity index (χ1v) is 5.65. The SMILES string of the molecule is CC1c2ccc(Cl)cc2C2CNCC12. The van der Waals surface area contributed by atoms with Crippen molar-refractivity contribution in [1.29, 1.82) is 0 Å². The number of rotatable bonds is 0. The Morgan fingerprint density at radius 1 is 1.29 bits per heavy atom. The van der Waals surface area contributed by atoms with Crippen molar-refractivity contribution in [2.24, 2.45) is 5.92 Å². The van der Waals surface area contributed by atoms with Gasteiger partial charge in [-0.25, -0.2) is 0 Å². The molecule has 14 heavy (non-hydrogen) atoms. The Bertz CT molecular complexity index is 375. The van der Waals surface area contributed by atoms with E-state index in [0.29, 0.717) is 11.8 Å². The Morgan fingerprint density at radius 2 is 2.14 bits per heavy atom. The molecule has 3 rings (SSSR count). The Hall–Kier alpha value is -0.530. The minimum absolute atomic E-state index is 0.697. The van der Waals surface area contributed by atoms with Crippen molar-refractivity contribution in [2.45, 2.75) is 18.8 Å². The Balaban J connectivity index is 2.13. The van der Waals surface area contributed by atoms with Crippen molar-refractivity contribution in [3.05, 3.63) is 34.3 Å². The highest BCUT2D eigenvalue weighted by molar-refractivity contribution is 6.30. The van der Waals surface area contributed by atoms with Crippen LogP contribution < -0.4 is 5.32 Å². The van der Waals surface area contributed by atoms with E-state index in [0.717, 1.165) is 24.0 Å². The van der Waals surface area contributed by atoms with Crippen LogP contribution in [0.15, 0.2) is 18.2 Å². The molecule has 1 heterocycles. The lowest BCUT2D eigenvalue weighted by Gasteiger charge is -2.12. The molecule has 3 atom stereocenters. The van der Waals surface area contributed by atoms with Crippen molar-refractivity contribution >= 4 is 11.6 Å². The molecule has 0 bridgehead atoms. The molecule has 1 nitrogen and oxygen atoms in total. The predicted octanol–water partition coefficient (Wildman–Crippen LogP) is 2.76. The third kappa shape index (κ3) is 1.06.